The molecule has 0 amide bonds. The van der Waals surface area contributed by atoms with E-state index in [1.165, 1.54) is 18.4 Å². The van der Waals surface area contributed by atoms with Crippen LogP contribution in [0.3, 0.4) is 0 Å². The van der Waals surface area contributed by atoms with Gasteiger partial charge in [0.15, 0.2) is 0 Å². The quantitative estimate of drug-likeness (QED) is 0.671. The second-order valence-electron chi connectivity index (χ2n) is 7.08. The lowest BCUT2D eigenvalue weighted by atomic mass is 9.91. The first-order valence-electron chi connectivity index (χ1n) is 9.12. The number of nitrogen functional groups attached to an aromatic ring is 1. The van der Waals surface area contributed by atoms with Crippen molar-refractivity contribution in [2.24, 2.45) is 5.73 Å². The van der Waals surface area contributed by atoms with Crippen LogP contribution < -0.4 is 16.8 Å². The Labute approximate surface area is 153 Å². The van der Waals surface area contributed by atoms with Crippen LogP contribution in [0.5, 0.6) is 0 Å². The first-order chi connectivity index (χ1) is 12.6. The molecule has 134 valence electrons. The first-order valence-corrected chi connectivity index (χ1v) is 9.12. The van der Waals surface area contributed by atoms with Crippen molar-refractivity contribution in [3.63, 3.8) is 0 Å². The van der Waals surface area contributed by atoms with E-state index in [4.69, 9.17) is 16.5 Å². The summed E-state index contributed by atoms with van der Waals surface area (Å²) in [4.78, 5) is 13.6. The maximum Gasteiger partial charge on any atom is 0.223 e. The number of nitrogens with zero attached hydrogens (tertiary/aromatic N) is 3. The molecule has 2 heterocycles. The van der Waals surface area contributed by atoms with Gasteiger partial charge in [0.05, 0.1) is 10.9 Å². The Bertz CT molecular complexity index is 939. The van der Waals surface area contributed by atoms with E-state index in [0.29, 0.717) is 11.8 Å². The maximum atomic E-state index is 6.25. The molecule has 1 saturated carbocycles. The Balaban J connectivity index is 1.77. The van der Waals surface area contributed by atoms with Crippen molar-refractivity contribution in [2.45, 2.75) is 44.7 Å². The van der Waals surface area contributed by atoms with E-state index in [-0.39, 0.29) is 12.1 Å². The molecule has 3 aromatic rings. The van der Waals surface area contributed by atoms with Crippen LogP contribution in [0.1, 0.15) is 31.2 Å². The topological polar surface area (TPSA) is 103 Å². The fourth-order valence-electron chi connectivity index (χ4n) is 3.64. The van der Waals surface area contributed by atoms with Crippen molar-refractivity contribution in [2.75, 3.05) is 11.1 Å². The van der Waals surface area contributed by atoms with E-state index in [1.807, 2.05) is 6.07 Å². The molecule has 1 aliphatic rings. The van der Waals surface area contributed by atoms with Gasteiger partial charge in [-0.1, -0.05) is 42.7 Å². The summed E-state index contributed by atoms with van der Waals surface area (Å²) >= 11 is 0. The Morgan fingerprint density at radius 3 is 2.77 bits per heavy atom. The number of benzene rings is 1. The molecule has 6 heteroatoms. The molecule has 1 fully saturated rings. The molecule has 6 nitrogen and oxygen atoms in total. The Morgan fingerprint density at radius 1 is 1.12 bits per heavy atom. The van der Waals surface area contributed by atoms with Gasteiger partial charge in [0.2, 0.25) is 5.95 Å². The van der Waals surface area contributed by atoms with E-state index in [9.17, 15) is 0 Å². The van der Waals surface area contributed by atoms with E-state index in [1.54, 1.807) is 12.4 Å². The number of hydrogen-bond acceptors (Lipinski definition) is 6. The number of pyridine rings is 1. The third-order valence-corrected chi connectivity index (χ3v) is 5.12. The summed E-state index contributed by atoms with van der Waals surface area (Å²) in [5.74, 6) is 1.04. The van der Waals surface area contributed by atoms with Crippen molar-refractivity contribution >= 4 is 22.7 Å². The Morgan fingerprint density at radius 2 is 1.96 bits per heavy atom. The molecule has 0 radical (unpaired) electrons. The third kappa shape index (κ3) is 3.20. The zero-order chi connectivity index (χ0) is 18.1. The summed E-state index contributed by atoms with van der Waals surface area (Å²) in [5, 5.41) is 4.19. The van der Waals surface area contributed by atoms with Crippen molar-refractivity contribution in [3.05, 3.63) is 42.2 Å². The Kier molecular flexibility index (Phi) is 4.42. The van der Waals surface area contributed by atoms with Gasteiger partial charge in [-0.3, -0.25) is 0 Å². The highest BCUT2D eigenvalue weighted by molar-refractivity contribution is 5.98. The number of aryl methyl sites for hydroxylation is 1. The molecule has 0 spiro atoms. The van der Waals surface area contributed by atoms with Crippen molar-refractivity contribution < 1.29 is 0 Å². The third-order valence-electron chi connectivity index (χ3n) is 5.12. The Hall–Kier alpha value is -2.73. The highest BCUT2D eigenvalue weighted by Gasteiger charge is 2.22. The summed E-state index contributed by atoms with van der Waals surface area (Å²) in [6.07, 6.45) is 8.00. The summed E-state index contributed by atoms with van der Waals surface area (Å²) in [6, 6.07) is 8.65. The highest BCUT2D eigenvalue weighted by Crippen LogP contribution is 2.30. The molecule has 26 heavy (non-hydrogen) atoms. The zero-order valence-electron chi connectivity index (χ0n) is 14.9. The van der Waals surface area contributed by atoms with Crippen molar-refractivity contribution in [1.82, 2.24) is 15.0 Å². The van der Waals surface area contributed by atoms with E-state index in [2.05, 4.69) is 40.4 Å². The summed E-state index contributed by atoms with van der Waals surface area (Å²) in [6.45, 7) is 2.07. The van der Waals surface area contributed by atoms with Gasteiger partial charge in [-0.25, -0.2) is 15.0 Å². The molecule has 1 aromatic carbocycles. The molecule has 1 aliphatic carbocycles. The van der Waals surface area contributed by atoms with Gasteiger partial charge < -0.3 is 16.8 Å². The highest BCUT2D eigenvalue weighted by atomic mass is 15.1. The van der Waals surface area contributed by atoms with Crippen LogP contribution in [0, 0.1) is 6.92 Å². The van der Waals surface area contributed by atoms with Crippen LogP contribution in [0.15, 0.2) is 36.7 Å². The monoisotopic (exact) mass is 348 g/mol. The second kappa shape index (κ2) is 6.88. The SMILES string of the molecule is Cc1cccc(-c2cnc(N)c3cnc(N[C@H]4CCCC[C@H]4N)nc23)c1. The normalized spacial score (nSPS) is 20.2. The second-order valence-corrected chi connectivity index (χ2v) is 7.08. The lowest BCUT2D eigenvalue weighted by Crippen LogP contribution is -2.42. The van der Waals surface area contributed by atoms with Crippen LogP contribution >= 0.6 is 0 Å². The van der Waals surface area contributed by atoms with E-state index >= 15 is 0 Å². The number of nitrogens with one attached hydrogen (secondary N) is 1. The molecule has 5 N–H and O–H groups in total. The predicted molar refractivity (Wildman–Crippen MR) is 106 cm³/mol. The van der Waals surface area contributed by atoms with Gasteiger partial charge in [0.1, 0.15) is 5.82 Å². The molecule has 2 atom stereocenters. The number of aromatic nitrogens is 3. The van der Waals surface area contributed by atoms with Gasteiger partial charge in [-0.15, -0.1) is 0 Å². The van der Waals surface area contributed by atoms with Crippen LogP contribution in [0.4, 0.5) is 11.8 Å². The number of rotatable bonds is 3. The largest absolute Gasteiger partial charge is 0.383 e. The molecule has 0 saturated heterocycles. The van der Waals surface area contributed by atoms with Crippen LogP contribution in [-0.2, 0) is 0 Å². The summed E-state index contributed by atoms with van der Waals surface area (Å²) in [5.41, 5.74) is 16.3. The molecule has 0 bridgehead atoms. The minimum atomic E-state index is 0.141. The summed E-state index contributed by atoms with van der Waals surface area (Å²) < 4.78 is 0. The molecular formula is C20H24N6. The van der Waals surface area contributed by atoms with E-state index in [0.717, 1.165) is 34.9 Å². The minimum Gasteiger partial charge on any atom is -0.383 e. The molecule has 0 aliphatic heterocycles. The molecule has 4 rings (SSSR count). The van der Waals surface area contributed by atoms with Gasteiger partial charge in [0.25, 0.3) is 0 Å². The number of anilines is 2. The fourth-order valence-corrected chi connectivity index (χ4v) is 3.64. The smallest absolute Gasteiger partial charge is 0.223 e. The summed E-state index contributed by atoms with van der Waals surface area (Å²) in [7, 11) is 0. The number of nitrogens with two attached hydrogens (primary N) is 2. The average Bonchev–Trinajstić information content (AvgIpc) is 2.64. The maximum absolute atomic E-state index is 6.25. The minimum absolute atomic E-state index is 0.141. The van der Waals surface area contributed by atoms with Crippen LogP contribution in [0.2, 0.25) is 0 Å². The average molecular weight is 348 g/mol. The van der Waals surface area contributed by atoms with Gasteiger partial charge >= 0.3 is 0 Å². The fraction of sp³-hybridized carbons (Fsp3) is 0.350. The first kappa shape index (κ1) is 16.7. The van der Waals surface area contributed by atoms with Crippen molar-refractivity contribution in [1.29, 1.82) is 0 Å². The van der Waals surface area contributed by atoms with Gasteiger partial charge in [-0.05, 0) is 25.3 Å². The molecule has 0 unspecified atom stereocenters. The van der Waals surface area contributed by atoms with Gasteiger partial charge in [-0.2, -0.15) is 0 Å². The zero-order valence-corrected chi connectivity index (χ0v) is 14.9. The number of hydrogen-bond donors (Lipinski definition) is 3. The predicted octanol–water partition coefficient (Wildman–Crippen LogP) is 3.26. The van der Waals surface area contributed by atoms with E-state index < -0.39 is 0 Å². The lowest BCUT2D eigenvalue weighted by Gasteiger charge is -2.29. The molecular weight excluding hydrogens is 324 g/mol. The lowest BCUT2D eigenvalue weighted by molar-refractivity contribution is 0.402. The van der Waals surface area contributed by atoms with Crippen LogP contribution in [-0.4, -0.2) is 27.0 Å². The van der Waals surface area contributed by atoms with Gasteiger partial charge in [0, 0.05) is 30.0 Å². The standard InChI is InChI=1S/C20H24N6/c1-12-5-4-6-13(9-12)14-10-23-19(22)15-11-24-20(26-18(14)15)25-17-8-3-2-7-16(17)21/h4-6,9-11,16-17H,2-3,7-8,21H2,1H3,(H2,22,23)(H,24,25,26)/t16-,17+/m1/s1. The molecule has 2 aromatic heterocycles. The van der Waals surface area contributed by atoms with Crippen molar-refractivity contribution in [3.8, 4) is 11.1 Å². The van der Waals surface area contributed by atoms with Crippen LogP contribution in [0.25, 0.3) is 22.0 Å². The number of fused-ring (bicyclic) bond motifs is 1.